The van der Waals surface area contributed by atoms with Gasteiger partial charge in [-0.3, -0.25) is 0 Å². The van der Waals surface area contributed by atoms with Crippen molar-refractivity contribution < 1.29 is 13.2 Å². The summed E-state index contributed by atoms with van der Waals surface area (Å²) in [4.78, 5) is 1.49. The summed E-state index contributed by atoms with van der Waals surface area (Å²) in [6.45, 7) is 1.19. The Kier molecular flexibility index (Phi) is 5.61. The van der Waals surface area contributed by atoms with Gasteiger partial charge in [-0.1, -0.05) is 19.1 Å². The molecule has 1 aromatic carbocycles. The Morgan fingerprint density at radius 2 is 2.05 bits per heavy atom. The van der Waals surface area contributed by atoms with E-state index in [2.05, 4.69) is 15.9 Å². The van der Waals surface area contributed by atoms with Crippen LogP contribution in [0.3, 0.4) is 0 Å². The van der Waals surface area contributed by atoms with Gasteiger partial charge >= 0.3 is 6.18 Å². The van der Waals surface area contributed by atoms with E-state index in [9.17, 15) is 13.2 Å². The van der Waals surface area contributed by atoms with Crippen molar-refractivity contribution in [3.05, 3.63) is 28.2 Å². The van der Waals surface area contributed by atoms with E-state index in [0.29, 0.717) is 28.7 Å². The summed E-state index contributed by atoms with van der Waals surface area (Å²) >= 11 is 8.12. The van der Waals surface area contributed by atoms with Crippen LogP contribution in [0.4, 0.5) is 18.9 Å². The fraction of sp³-hybridized carbons (Fsp3) is 0.417. The van der Waals surface area contributed by atoms with Gasteiger partial charge in [-0.25, -0.2) is 0 Å². The highest BCUT2D eigenvalue weighted by atomic mass is 79.9. The molecule has 0 aliphatic heterocycles. The van der Waals surface area contributed by atoms with E-state index in [-0.39, 0.29) is 4.99 Å². The monoisotopic (exact) mass is 354 g/mol. The SMILES string of the molecule is CCCN(CC(F)(F)F)c1ccc(C(N)=S)c(Br)c1. The number of hydrogen-bond acceptors (Lipinski definition) is 2. The fourth-order valence-electron chi connectivity index (χ4n) is 1.69. The quantitative estimate of drug-likeness (QED) is 0.814. The zero-order valence-corrected chi connectivity index (χ0v) is 12.7. The molecule has 0 aliphatic carbocycles. The van der Waals surface area contributed by atoms with E-state index in [0.717, 1.165) is 0 Å². The van der Waals surface area contributed by atoms with Gasteiger partial charge in [0.05, 0.1) is 0 Å². The van der Waals surface area contributed by atoms with Crippen LogP contribution in [0.25, 0.3) is 0 Å². The molecule has 19 heavy (non-hydrogen) atoms. The molecule has 0 fully saturated rings. The maximum absolute atomic E-state index is 12.5. The molecule has 0 spiro atoms. The fourth-order valence-corrected chi connectivity index (χ4v) is 2.58. The van der Waals surface area contributed by atoms with Gasteiger partial charge in [0, 0.05) is 22.3 Å². The molecule has 0 aromatic heterocycles. The van der Waals surface area contributed by atoms with E-state index < -0.39 is 12.7 Å². The number of halogens is 4. The summed E-state index contributed by atoms with van der Waals surface area (Å²) in [6, 6.07) is 4.83. The van der Waals surface area contributed by atoms with E-state index in [1.54, 1.807) is 18.2 Å². The van der Waals surface area contributed by atoms with Crippen molar-refractivity contribution in [2.45, 2.75) is 19.5 Å². The molecule has 0 aliphatic rings. The molecule has 0 saturated carbocycles. The predicted octanol–water partition coefficient (Wildman–Crippen LogP) is 3.86. The second kappa shape index (κ2) is 6.56. The van der Waals surface area contributed by atoms with Crippen molar-refractivity contribution in [3.63, 3.8) is 0 Å². The minimum absolute atomic E-state index is 0.205. The van der Waals surface area contributed by atoms with E-state index in [4.69, 9.17) is 18.0 Å². The van der Waals surface area contributed by atoms with Crippen molar-refractivity contribution >= 4 is 38.8 Å². The largest absolute Gasteiger partial charge is 0.405 e. The number of hydrogen-bond donors (Lipinski definition) is 1. The smallest absolute Gasteiger partial charge is 0.389 e. The van der Waals surface area contributed by atoms with Crippen molar-refractivity contribution in [3.8, 4) is 0 Å². The second-order valence-corrected chi connectivity index (χ2v) is 5.36. The van der Waals surface area contributed by atoms with Gasteiger partial charge in [0.15, 0.2) is 0 Å². The molecule has 0 saturated heterocycles. The van der Waals surface area contributed by atoms with Crippen LogP contribution in [0, 0.1) is 0 Å². The molecule has 0 radical (unpaired) electrons. The first kappa shape index (κ1) is 16.2. The van der Waals surface area contributed by atoms with Crippen LogP contribution in [0.15, 0.2) is 22.7 Å². The topological polar surface area (TPSA) is 29.3 Å². The first-order chi connectivity index (χ1) is 8.74. The summed E-state index contributed by atoms with van der Waals surface area (Å²) < 4.78 is 38.2. The molecular weight excluding hydrogens is 341 g/mol. The third kappa shape index (κ3) is 4.99. The van der Waals surface area contributed by atoms with Crippen LogP contribution in [-0.2, 0) is 0 Å². The molecule has 1 aromatic rings. The number of benzene rings is 1. The molecule has 106 valence electrons. The molecule has 2 N–H and O–H groups in total. The van der Waals surface area contributed by atoms with Gasteiger partial charge in [-0.2, -0.15) is 13.2 Å². The van der Waals surface area contributed by atoms with Crippen molar-refractivity contribution in [2.24, 2.45) is 5.73 Å². The number of anilines is 1. The molecule has 0 amide bonds. The molecule has 0 unspecified atom stereocenters. The van der Waals surface area contributed by atoms with E-state index >= 15 is 0 Å². The Morgan fingerprint density at radius 3 is 2.47 bits per heavy atom. The lowest BCUT2D eigenvalue weighted by atomic mass is 10.2. The van der Waals surface area contributed by atoms with Crippen LogP contribution in [0.2, 0.25) is 0 Å². The molecular formula is C12H14BrF3N2S. The molecule has 0 heterocycles. The van der Waals surface area contributed by atoms with E-state index in [1.165, 1.54) is 4.90 Å². The standard InChI is InChI=1S/C12H14BrF3N2S/c1-2-5-18(7-12(14,15)16)8-3-4-9(11(17)19)10(13)6-8/h3-4,6H,2,5,7H2,1H3,(H2,17,19). The van der Waals surface area contributed by atoms with Gasteiger partial charge in [0.25, 0.3) is 0 Å². The Bertz CT molecular complexity index is 463. The van der Waals surface area contributed by atoms with Crippen molar-refractivity contribution in [1.29, 1.82) is 0 Å². The van der Waals surface area contributed by atoms with Crippen LogP contribution in [0.1, 0.15) is 18.9 Å². The average molecular weight is 355 g/mol. The second-order valence-electron chi connectivity index (χ2n) is 4.07. The lowest BCUT2D eigenvalue weighted by Crippen LogP contribution is -2.34. The zero-order valence-electron chi connectivity index (χ0n) is 10.3. The van der Waals surface area contributed by atoms with Gasteiger partial charge in [-0.05, 0) is 40.5 Å². The molecule has 0 atom stereocenters. The highest BCUT2D eigenvalue weighted by Crippen LogP contribution is 2.27. The summed E-state index contributed by atoms with van der Waals surface area (Å²) in [5, 5.41) is 0. The predicted molar refractivity (Wildman–Crippen MR) is 78.6 cm³/mol. The highest BCUT2D eigenvalue weighted by molar-refractivity contribution is 9.10. The lowest BCUT2D eigenvalue weighted by molar-refractivity contribution is -0.119. The Hall–Kier alpha value is -0.820. The molecule has 2 nitrogen and oxygen atoms in total. The first-order valence-corrected chi connectivity index (χ1v) is 6.85. The normalized spacial score (nSPS) is 11.4. The minimum Gasteiger partial charge on any atom is -0.389 e. The average Bonchev–Trinajstić information content (AvgIpc) is 2.26. The zero-order chi connectivity index (χ0) is 14.6. The number of nitrogens with zero attached hydrogens (tertiary/aromatic N) is 1. The number of thiocarbonyl (C=S) groups is 1. The van der Waals surface area contributed by atoms with E-state index in [1.807, 2.05) is 6.92 Å². The maximum atomic E-state index is 12.5. The Balaban J connectivity index is 3.03. The molecule has 7 heteroatoms. The minimum atomic E-state index is -4.23. The molecule has 0 bridgehead atoms. The maximum Gasteiger partial charge on any atom is 0.405 e. The van der Waals surface area contributed by atoms with Crippen LogP contribution in [0.5, 0.6) is 0 Å². The highest BCUT2D eigenvalue weighted by Gasteiger charge is 2.30. The number of rotatable bonds is 5. The van der Waals surface area contributed by atoms with Crippen LogP contribution < -0.4 is 10.6 Å². The number of alkyl halides is 3. The van der Waals surface area contributed by atoms with Gasteiger partial charge in [-0.15, -0.1) is 0 Å². The van der Waals surface area contributed by atoms with Gasteiger partial charge < -0.3 is 10.6 Å². The summed E-state index contributed by atoms with van der Waals surface area (Å²) in [5.74, 6) is 0. The Labute approximate surface area is 123 Å². The first-order valence-electron chi connectivity index (χ1n) is 5.65. The summed E-state index contributed by atoms with van der Waals surface area (Å²) in [6.07, 6.45) is -3.60. The van der Waals surface area contributed by atoms with Gasteiger partial charge in [0.1, 0.15) is 11.5 Å². The van der Waals surface area contributed by atoms with Crippen LogP contribution in [-0.4, -0.2) is 24.3 Å². The summed E-state index contributed by atoms with van der Waals surface area (Å²) in [5.41, 5.74) is 6.61. The number of nitrogens with two attached hydrogens (primary N) is 1. The van der Waals surface area contributed by atoms with Gasteiger partial charge in [0.2, 0.25) is 0 Å². The summed E-state index contributed by atoms with van der Waals surface area (Å²) in [7, 11) is 0. The third-order valence-electron chi connectivity index (χ3n) is 2.45. The van der Waals surface area contributed by atoms with Crippen molar-refractivity contribution in [1.82, 2.24) is 0 Å². The van der Waals surface area contributed by atoms with Crippen molar-refractivity contribution in [2.75, 3.05) is 18.0 Å². The van der Waals surface area contributed by atoms with Crippen LogP contribution >= 0.6 is 28.1 Å². The third-order valence-corrected chi connectivity index (χ3v) is 3.32. The lowest BCUT2D eigenvalue weighted by Gasteiger charge is -2.26. The Morgan fingerprint density at radius 1 is 1.42 bits per heavy atom. The molecule has 1 rings (SSSR count).